The van der Waals surface area contributed by atoms with Crippen LogP contribution in [0.1, 0.15) is 28.8 Å². The molecule has 0 aromatic heterocycles. The molecular formula is C15H23N3O. The maximum absolute atomic E-state index is 11.5. The normalized spacial score (nSPS) is 16.3. The van der Waals surface area contributed by atoms with Crippen LogP contribution in [0.4, 0.5) is 5.69 Å². The summed E-state index contributed by atoms with van der Waals surface area (Å²) in [6.45, 7) is 5.20. The summed E-state index contributed by atoms with van der Waals surface area (Å²) in [5, 5.41) is 3.37. The topological polar surface area (TPSA) is 58.4 Å². The first kappa shape index (κ1) is 13.9. The summed E-state index contributed by atoms with van der Waals surface area (Å²) in [6, 6.07) is 5.80. The SMILES string of the molecule is Cc1ccc(C(N)=O)c(N(C)CC2CCNCC2)c1. The smallest absolute Gasteiger partial charge is 0.250 e. The molecule has 1 aliphatic rings. The molecule has 0 spiro atoms. The Bertz CT molecular complexity index is 453. The molecule has 0 aliphatic carbocycles. The number of hydrogen-bond donors (Lipinski definition) is 2. The van der Waals surface area contributed by atoms with Crippen molar-refractivity contribution in [1.29, 1.82) is 0 Å². The van der Waals surface area contributed by atoms with Gasteiger partial charge in [-0.1, -0.05) is 6.07 Å². The molecule has 0 saturated carbocycles. The Balaban J connectivity index is 2.14. The Morgan fingerprint density at radius 1 is 1.42 bits per heavy atom. The quantitative estimate of drug-likeness (QED) is 0.864. The molecular weight excluding hydrogens is 238 g/mol. The van der Waals surface area contributed by atoms with E-state index in [1.54, 1.807) is 0 Å². The summed E-state index contributed by atoms with van der Waals surface area (Å²) in [5.74, 6) is 0.333. The fraction of sp³-hybridized carbons (Fsp3) is 0.533. The van der Waals surface area contributed by atoms with E-state index < -0.39 is 0 Å². The van der Waals surface area contributed by atoms with E-state index in [0.717, 1.165) is 30.9 Å². The fourth-order valence-corrected chi connectivity index (χ4v) is 2.72. The number of amides is 1. The van der Waals surface area contributed by atoms with Crippen molar-refractivity contribution < 1.29 is 4.79 Å². The van der Waals surface area contributed by atoms with Gasteiger partial charge in [-0.05, 0) is 56.5 Å². The number of nitrogens with two attached hydrogens (primary N) is 1. The number of primary amides is 1. The number of carbonyl (C=O) groups excluding carboxylic acids is 1. The number of rotatable bonds is 4. The molecule has 19 heavy (non-hydrogen) atoms. The number of hydrogen-bond acceptors (Lipinski definition) is 3. The molecule has 3 N–H and O–H groups in total. The van der Waals surface area contributed by atoms with Crippen molar-refractivity contribution in [2.75, 3.05) is 31.6 Å². The number of nitrogens with zero attached hydrogens (tertiary/aromatic N) is 1. The van der Waals surface area contributed by atoms with E-state index in [4.69, 9.17) is 5.73 Å². The van der Waals surface area contributed by atoms with Gasteiger partial charge in [0.2, 0.25) is 0 Å². The van der Waals surface area contributed by atoms with Crippen molar-refractivity contribution in [1.82, 2.24) is 5.32 Å². The van der Waals surface area contributed by atoms with Crippen LogP contribution in [0.25, 0.3) is 0 Å². The highest BCUT2D eigenvalue weighted by molar-refractivity contribution is 5.98. The first-order chi connectivity index (χ1) is 9.08. The van der Waals surface area contributed by atoms with Crippen LogP contribution in [0.2, 0.25) is 0 Å². The third-order valence-corrected chi connectivity index (χ3v) is 3.82. The van der Waals surface area contributed by atoms with Gasteiger partial charge < -0.3 is 16.0 Å². The van der Waals surface area contributed by atoms with Crippen LogP contribution < -0.4 is 16.0 Å². The Morgan fingerprint density at radius 2 is 2.11 bits per heavy atom. The molecule has 1 aromatic rings. The lowest BCUT2D eigenvalue weighted by atomic mass is 9.97. The van der Waals surface area contributed by atoms with Gasteiger partial charge in [-0.3, -0.25) is 4.79 Å². The lowest BCUT2D eigenvalue weighted by molar-refractivity contribution is 0.100. The average Bonchev–Trinajstić information content (AvgIpc) is 2.39. The van der Waals surface area contributed by atoms with E-state index >= 15 is 0 Å². The minimum Gasteiger partial charge on any atom is -0.374 e. The molecule has 0 radical (unpaired) electrons. The van der Waals surface area contributed by atoms with Crippen LogP contribution in [-0.2, 0) is 0 Å². The standard InChI is InChI=1S/C15H23N3O/c1-11-3-4-13(15(16)19)14(9-11)18(2)10-12-5-7-17-8-6-12/h3-4,9,12,17H,5-8,10H2,1-2H3,(H2,16,19). The number of anilines is 1. The van der Waals surface area contributed by atoms with Crippen molar-refractivity contribution in [3.05, 3.63) is 29.3 Å². The van der Waals surface area contributed by atoms with E-state index in [1.165, 1.54) is 12.8 Å². The number of piperidine rings is 1. The van der Waals surface area contributed by atoms with E-state index in [9.17, 15) is 4.79 Å². The first-order valence-corrected chi connectivity index (χ1v) is 6.90. The molecule has 0 unspecified atom stereocenters. The van der Waals surface area contributed by atoms with Crippen LogP contribution in [-0.4, -0.2) is 32.6 Å². The Labute approximate surface area is 115 Å². The van der Waals surface area contributed by atoms with Crippen LogP contribution in [0.5, 0.6) is 0 Å². The monoisotopic (exact) mass is 261 g/mol. The third kappa shape index (κ3) is 3.47. The molecule has 0 atom stereocenters. The van der Waals surface area contributed by atoms with Gasteiger partial charge in [0.15, 0.2) is 0 Å². The average molecular weight is 261 g/mol. The van der Waals surface area contributed by atoms with Gasteiger partial charge in [0.1, 0.15) is 0 Å². The predicted octanol–water partition coefficient (Wildman–Crippen LogP) is 1.53. The Morgan fingerprint density at radius 3 is 2.74 bits per heavy atom. The van der Waals surface area contributed by atoms with Crippen LogP contribution >= 0.6 is 0 Å². The zero-order valence-corrected chi connectivity index (χ0v) is 11.8. The number of aryl methyl sites for hydroxylation is 1. The molecule has 104 valence electrons. The van der Waals surface area contributed by atoms with Crippen molar-refractivity contribution in [3.8, 4) is 0 Å². The number of nitrogens with one attached hydrogen (secondary N) is 1. The number of carbonyl (C=O) groups is 1. The minimum atomic E-state index is -0.354. The lowest BCUT2D eigenvalue weighted by Crippen LogP contribution is -2.35. The van der Waals surface area contributed by atoms with Gasteiger partial charge in [-0.25, -0.2) is 0 Å². The van der Waals surface area contributed by atoms with Gasteiger partial charge in [0, 0.05) is 19.3 Å². The molecule has 1 heterocycles. The van der Waals surface area contributed by atoms with Crippen molar-refractivity contribution in [2.24, 2.45) is 11.7 Å². The second-order valence-electron chi connectivity index (χ2n) is 5.46. The molecule has 1 amide bonds. The second kappa shape index (κ2) is 6.06. The minimum absolute atomic E-state index is 0.354. The zero-order chi connectivity index (χ0) is 13.8. The lowest BCUT2D eigenvalue weighted by Gasteiger charge is -2.29. The molecule has 1 aliphatic heterocycles. The summed E-state index contributed by atoms with van der Waals surface area (Å²) < 4.78 is 0. The van der Waals surface area contributed by atoms with E-state index in [1.807, 2.05) is 32.2 Å². The van der Waals surface area contributed by atoms with Gasteiger partial charge in [0.05, 0.1) is 5.56 Å². The highest BCUT2D eigenvalue weighted by atomic mass is 16.1. The van der Waals surface area contributed by atoms with Gasteiger partial charge >= 0.3 is 0 Å². The molecule has 2 rings (SSSR count). The van der Waals surface area contributed by atoms with Gasteiger partial charge in [0.25, 0.3) is 5.91 Å². The fourth-order valence-electron chi connectivity index (χ4n) is 2.72. The molecule has 4 heteroatoms. The van der Waals surface area contributed by atoms with E-state index in [2.05, 4.69) is 10.2 Å². The summed E-state index contributed by atoms with van der Waals surface area (Å²) in [7, 11) is 2.04. The van der Waals surface area contributed by atoms with Crippen LogP contribution in [0.15, 0.2) is 18.2 Å². The zero-order valence-electron chi connectivity index (χ0n) is 11.8. The van der Waals surface area contributed by atoms with Crippen molar-refractivity contribution >= 4 is 11.6 Å². The maximum Gasteiger partial charge on any atom is 0.250 e. The third-order valence-electron chi connectivity index (χ3n) is 3.82. The highest BCUT2D eigenvalue weighted by Gasteiger charge is 2.18. The summed E-state index contributed by atoms with van der Waals surface area (Å²) in [5.41, 5.74) is 8.17. The van der Waals surface area contributed by atoms with E-state index in [-0.39, 0.29) is 5.91 Å². The molecule has 1 aromatic carbocycles. The largest absolute Gasteiger partial charge is 0.374 e. The molecule has 1 saturated heterocycles. The predicted molar refractivity (Wildman–Crippen MR) is 78.6 cm³/mol. The van der Waals surface area contributed by atoms with Crippen molar-refractivity contribution in [3.63, 3.8) is 0 Å². The molecule has 4 nitrogen and oxygen atoms in total. The Hall–Kier alpha value is -1.55. The summed E-state index contributed by atoms with van der Waals surface area (Å²) in [6.07, 6.45) is 2.39. The van der Waals surface area contributed by atoms with Crippen molar-refractivity contribution in [2.45, 2.75) is 19.8 Å². The Kier molecular flexibility index (Phi) is 4.43. The van der Waals surface area contributed by atoms with Gasteiger partial charge in [-0.2, -0.15) is 0 Å². The molecule has 1 fully saturated rings. The van der Waals surface area contributed by atoms with Crippen LogP contribution in [0.3, 0.4) is 0 Å². The van der Waals surface area contributed by atoms with Crippen LogP contribution in [0, 0.1) is 12.8 Å². The summed E-state index contributed by atoms with van der Waals surface area (Å²) in [4.78, 5) is 13.7. The van der Waals surface area contributed by atoms with E-state index in [0.29, 0.717) is 11.5 Å². The van der Waals surface area contributed by atoms with Gasteiger partial charge in [-0.15, -0.1) is 0 Å². The first-order valence-electron chi connectivity index (χ1n) is 6.90. The highest BCUT2D eigenvalue weighted by Crippen LogP contribution is 2.23. The second-order valence-corrected chi connectivity index (χ2v) is 5.46. The summed E-state index contributed by atoms with van der Waals surface area (Å²) >= 11 is 0. The maximum atomic E-state index is 11.5. The molecule has 0 bridgehead atoms. The number of benzene rings is 1.